The first-order valence-corrected chi connectivity index (χ1v) is 7.92. The monoisotopic (exact) mass is 337 g/mol. The van der Waals surface area contributed by atoms with E-state index in [9.17, 15) is 9.90 Å². The number of nitrogens with one attached hydrogen (secondary N) is 1. The van der Waals surface area contributed by atoms with Crippen LogP contribution in [0, 0.1) is 0 Å². The molecule has 1 amide bonds. The third-order valence-corrected chi connectivity index (χ3v) is 3.94. The van der Waals surface area contributed by atoms with E-state index in [1.807, 2.05) is 36.4 Å². The highest BCUT2D eigenvalue weighted by atomic mass is 35.5. The van der Waals surface area contributed by atoms with E-state index >= 15 is 0 Å². The number of aliphatic hydroxyl groups excluding tert-OH is 1. The topological polar surface area (TPSA) is 49.3 Å². The summed E-state index contributed by atoms with van der Waals surface area (Å²) in [6.07, 6.45) is -0.879. The zero-order valence-electron chi connectivity index (χ0n) is 12.8. The highest BCUT2D eigenvalue weighted by molar-refractivity contribution is 6.30. The molecule has 0 spiro atoms. The lowest BCUT2D eigenvalue weighted by atomic mass is 9.99. The van der Waals surface area contributed by atoms with E-state index in [2.05, 4.69) is 5.32 Å². The quantitative estimate of drug-likeness (QED) is 0.726. The fourth-order valence-electron chi connectivity index (χ4n) is 2.47. The molecule has 0 fully saturated rings. The van der Waals surface area contributed by atoms with E-state index in [1.54, 1.807) is 42.5 Å². The second-order valence-electron chi connectivity index (χ2n) is 5.36. The molecule has 0 aliphatic heterocycles. The molecule has 0 saturated carbocycles. The number of aliphatic hydroxyl groups is 1. The number of anilines is 1. The van der Waals surface area contributed by atoms with E-state index in [1.165, 1.54) is 0 Å². The number of benzene rings is 3. The summed E-state index contributed by atoms with van der Waals surface area (Å²) in [5.41, 5.74) is 2.37. The molecule has 0 heterocycles. The first-order valence-electron chi connectivity index (χ1n) is 7.54. The average Bonchev–Trinajstić information content (AvgIpc) is 2.64. The summed E-state index contributed by atoms with van der Waals surface area (Å²) in [6, 6.07) is 23.2. The number of carbonyl (C=O) groups is 1. The number of hydrogen-bond acceptors (Lipinski definition) is 2. The molecule has 1 atom stereocenters. The first-order chi connectivity index (χ1) is 11.6. The summed E-state index contributed by atoms with van der Waals surface area (Å²) in [7, 11) is 0. The van der Waals surface area contributed by atoms with Crippen LogP contribution in [0.1, 0.15) is 27.6 Å². The molecule has 24 heavy (non-hydrogen) atoms. The fraction of sp³-hybridized carbons (Fsp3) is 0.0500. The summed E-state index contributed by atoms with van der Waals surface area (Å²) < 4.78 is 0. The van der Waals surface area contributed by atoms with E-state index in [0.29, 0.717) is 21.8 Å². The normalized spacial score (nSPS) is 11.8. The molecule has 1 unspecified atom stereocenters. The van der Waals surface area contributed by atoms with Crippen molar-refractivity contribution in [1.82, 2.24) is 0 Å². The van der Waals surface area contributed by atoms with Crippen LogP contribution in [-0.2, 0) is 0 Å². The number of rotatable bonds is 4. The van der Waals surface area contributed by atoms with Gasteiger partial charge in [-0.1, -0.05) is 60.1 Å². The van der Waals surface area contributed by atoms with Gasteiger partial charge >= 0.3 is 0 Å². The minimum atomic E-state index is -0.879. The Morgan fingerprint density at radius 1 is 0.917 bits per heavy atom. The van der Waals surface area contributed by atoms with Crippen LogP contribution >= 0.6 is 11.6 Å². The smallest absolute Gasteiger partial charge is 0.255 e. The van der Waals surface area contributed by atoms with E-state index in [4.69, 9.17) is 11.6 Å². The SMILES string of the molecule is O=C(Nc1ccc(Cl)cc1C(O)c1ccccc1)c1ccccc1. The van der Waals surface area contributed by atoms with Crippen molar-refractivity contribution in [3.63, 3.8) is 0 Å². The lowest BCUT2D eigenvalue weighted by Gasteiger charge is -2.17. The third kappa shape index (κ3) is 3.65. The molecule has 3 aromatic carbocycles. The molecule has 0 aliphatic carbocycles. The molecule has 3 rings (SSSR count). The van der Waals surface area contributed by atoms with Gasteiger partial charge in [0.2, 0.25) is 0 Å². The standard InChI is InChI=1S/C20H16ClNO2/c21-16-11-12-18(22-20(24)15-9-5-2-6-10-15)17(13-16)19(23)14-7-3-1-4-8-14/h1-13,19,23H,(H,22,24). The minimum Gasteiger partial charge on any atom is -0.384 e. The number of halogens is 1. The predicted octanol–water partition coefficient (Wildman–Crippen LogP) is 4.67. The molecule has 3 nitrogen and oxygen atoms in total. The predicted molar refractivity (Wildman–Crippen MR) is 96.4 cm³/mol. The van der Waals surface area contributed by atoms with Crippen LogP contribution in [0.4, 0.5) is 5.69 Å². The van der Waals surface area contributed by atoms with Crippen LogP contribution in [0.3, 0.4) is 0 Å². The summed E-state index contributed by atoms with van der Waals surface area (Å²) in [5, 5.41) is 14.0. The molecule has 0 aromatic heterocycles. The maximum atomic E-state index is 12.4. The van der Waals surface area contributed by atoms with Crippen molar-refractivity contribution in [2.75, 3.05) is 5.32 Å². The largest absolute Gasteiger partial charge is 0.384 e. The summed E-state index contributed by atoms with van der Waals surface area (Å²) >= 11 is 6.08. The maximum absolute atomic E-state index is 12.4. The van der Waals surface area contributed by atoms with Crippen LogP contribution in [0.2, 0.25) is 5.02 Å². The Bertz CT molecular complexity index is 835. The van der Waals surface area contributed by atoms with Gasteiger partial charge in [-0.2, -0.15) is 0 Å². The van der Waals surface area contributed by atoms with Gasteiger partial charge in [0, 0.05) is 21.8 Å². The van der Waals surface area contributed by atoms with Gasteiger partial charge in [0.15, 0.2) is 0 Å². The van der Waals surface area contributed by atoms with Crippen molar-refractivity contribution in [2.45, 2.75) is 6.10 Å². The highest BCUT2D eigenvalue weighted by Gasteiger charge is 2.17. The number of carbonyl (C=O) groups excluding carboxylic acids is 1. The van der Waals surface area contributed by atoms with Crippen molar-refractivity contribution < 1.29 is 9.90 Å². The molecule has 0 radical (unpaired) electrons. The van der Waals surface area contributed by atoms with Crippen LogP contribution in [-0.4, -0.2) is 11.0 Å². The molecule has 120 valence electrons. The summed E-state index contributed by atoms with van der Waals surface area (Å²) in [5.74, 6) is -0.237. The van der Waals surface area contributed by atoms with Gasteiger partial charge in [-0.3, -0.25) is 4.79 Å². The van der Waals surface area contributed by atoms with Gasteiger partial charge in [0.25, 0.3) is 5.91 Å². The molecule has 4 heteroatoms. The van der Waals surface area contributed by atoms with Crippen LogP contribution in [0.15, 0.2) is 78.9 Å². The van der Waals surface area contributed by atoms with Gasteiger partial charge in [-0.05, 0) is 35.9 Å². The summed E-state index contributed by atoms with van der Waals surface area (Å²) in [6.45, 7) is 0. The van der Waals surface area contributed by atoms with Gasteiger partial charge in [0.1, 0.15) is 6.10 Å². The average molecular weight is 338 g/mol. The molecular weight excluding hydrogens is 322 g/mol. The van der Waals surface area contributed by atoms with Crippen molar-refractivity contribution in [3.8, 4) is 0 Å². The minimum absolute atomic E-state index is 0.237. The molecule has 0 bridgehead atoms. The van der Waals surface area contributed by atoms with E-state index in [0.717, 1.165) is 5.56 Å². The molecule has 0 saturated heterocycles. The molecule has 3 aromatic rings. The lowest BCUT2D eigenvalue weighted by molar-refractivity contribution is 0.102. The second-order valence-corrected chi connectivity index (χ2v) is 5.80. The zero-order valence-corrected chi connectivity index (χ0v) is 13.6. The van der Waals surface area contributed by atoms with Gasteiger partial charge in [0.05, 0.1) is 0 Å². The van der Waals surface area contributed by atoms with Gasteiger partial charge < -0.3 is 10.4 Å². The number of amides is 1. The zero-order chi connectivity index (χ0) is 16.9. The van der Waals surface area contributed by atoms with Gasteiger partial charge in [-0.25, -0.2) is 0 Å². The van der Waals surface area contributed by atoms with Crippen molar-refractivity contribution in [1.29, 1.82) is 0 Å². The Balaban J connectivity index is 1.93. The van der Waals surface area contributed by atoms with E-state index < -0.39 is 6.10 Å². The van der Waals surface area contributed by atoms with Gasteiger partial charge in [-0.15, -0.1) is 0 Å². The number of hydrogen-bond donors (Lipinski definition) is 2. The Morgan fingerprint density at radius 3 is 2.21 bits per heavy atom. The summed E-state index contributed by atoms with van der Waals surface area (Å²) in [4.78, 5) is 12.4. The van der Waals surface area contributed by atoms with Crippen LogP contribution in [0.5, 0.6) is 0 Å². The molecular formula is C20H16ClNO2. The highest BCUT2D eigenvalue weighted by Crippen LogP contribution is 2.31. The second kappa shape index (κ2) is 7.30. The Labute approximate surface area is 145 Å². The third-order valence-electron chi connectivity index (χ3n) is 3.71. The van der Waals surface area contributed by atoms with Crippen LogP contribution < -0.4 is 5.32 Å². The van der Waals surface area contributed by atoms with Crippen molar-refractivity contribution in [2.24, 2.45) is 0 Å². The van der Waals surface area contributed by atoms with E-state index in [-0.39, 0.29) is 5.91 Å². The van der Waals surface area contributed by atoms with Crippen molar-refractivity contribution >= 4 is 23.2 Å². The van der Waals surface area contributed by atoms with Crippen LogP contribution in [0.25, 0.3) is 0 Å². The first kappa shape index (κ1) is 16.2. The van der Waals surface area contributed by atoms with Crippen molar-refractivity contribution in [3.05, 3.63) is 101 Å². The Hall–Kier alpha value is -2.62. The lowest BCUT2D eigenvalue weighted by Crippen LogP contribution is -2.14. The fourth-order valence-corrected chi connectivity index (χ4v) is 2.65. The Morgan fingerprint density at radius 2 is 1.54 bits per heavy atom. The Kier molecular flexibility index (Phi) is 4.94. The molecule has 0 aliphatic rings. The molecule has 2 N–H and O–H groups in total. The maximum Gasteiger partial charge on any atom is 0.255 e.